The number of benzene rings is 2. The highest BCUT2D eigenvalue weighted by molar-refractivity contribution is 6.33. The van der Waals surface area contributed by atoms with Gasteiger partial charge in [-0.25, -0.2) is 4.79 Å². The number of nitrogens with one attached hydrogen (secondary N) is 1. The molecule has 0 unspecified atom stereocenters. The highest BCUT2D eigenvalue weighted by Crippen LogP contribution is 2.28. The van der Waals surface area contributed by atoms with Crippen molar-refractivity contribution in [2.24, 2.45) is 0 Å². The highest BCUT2D eigenvalue weighted by Gasteiger charge is 2.14. The molecule has 6 nitrogen and oxygen atoms in total. The summed E-state index contributed by atoms with van der Waals surface area (Å²) in [6.45, 7) is 0. The molecule has 0 radical (unpaired) electrons. The van der Waals surface area contributed by atoms with E-state index in [1.54, 1.807) is 42.5 Å². The van der Waals surface area contributed by atoms with Gasteiger partial charge in [0.25, 0.3) is 5.89 Å². The first kappa shape index (κ1) is 14.1. The number of para-hydroxylation sites is 1. The number of carboxylic acid groups (broad SMARTS) is 1. The minimum atomic E-state index is -1.05. The van der Waals surface area contributed by atoms with Gasteiger partial charge in [0.15, 0.2) is 0 Å². The molecule has 22 heavy (non-hydrogen) atoms. The monoisotopic (exact) mass is 315 g/mol. The first-order valence-corrected chi connectivity index (χ1v) is 6.70. The molecule has 110 valence electrons. The van der Waals surface area contributed by atoms with E-state index in [1.807, 2.05) is 0 Å². The maximum absolute atomic E-state index is 11.2. The number of anilines is 2. The molecule has 0 bridgehead atoms. The maximum atomic E-state index is 11.2. The molecule has 1 aromatic heterocycles. The Morgan fingerprint density at radius 2 is 1.82 bits per heavy atom. The van der Waals surface area contributed by atoms with Crippen LogP contribution < -0.4 is 5.32 Å². The average molecular weight is 316 g/mol. The molecule has 2 aromatic carbocycles. The molecule has 3 aromatic rings. The summed E-state index contributed by atoms with van der Waals surface area (Å²) >= 11 is 6.07. The fraction of sp³-hybridized carbons (Fsp3) is 0. The number of aromatic carboxylic acids is 1. The normalized spacial score (nSPS) is 10.4. The average Bonchev–Trinajstić information content (AvgIpc) is 2.96. The number of carbonyl (C=O) groups is 1. The Morgan fingerprint density at radius 3 is 2.59 bits per heavy atom. The van der Waals surface area contributed by atoms with Crippen LogP contribution >= 0.6 is 11.6 Å². The number of hydrogen-bond acceptors (Lipinski definition) is 5. The zero-order chi connectivity index (χ0) is 15.5. The summed E-state index contributed by atoms with van der Waals surface area (Å²) in [7, 11) is 0. The minimum Gasteiger partial charge on any atom is -0.478 e. The standard InChI is InChI=1S/C15H10ClN3O3/c16-11-7-3-1-5-9(11)13-18-19-15(22-13)17-12-8-4-2-6-10(12)14(20)21/h1-8H,(H,17,19)(H,20,21). The van der Waals surface area contributed by atoms with Crippen LogP contribution in [0.1, 0.15) is 10.4 Å². The fourth-order valence-electron chi connectivity index (χ4n) is 1.91. The lowest BCUT2D eigenvalue weighted by molar-refractivity contribution is 0.0698. The van der Waals surface area contributed by atoms with Crippen LogP contribution in [0, 0.1) is 0 Å². The molecule has 1 heterocycles. The van der Waals surface area contributed by atoms with Gasteiger partial charge in [0.1, 0.15) is 0 Å². The Morgan fingerprint density at radius 1 is 1.09 bits per heavy atom. The van der Waals surface area contributed by atoms with E-state index >= 15 is 0 Å². The molecular weight excluding hydrogens is 306 g/mol. The lowest BCUT2D eigenvalue weighted by Gasteiger charge is -2.04. The predicted molar refractivity (Wildman–Crippen MR) is 81.4 cm³/mol. The van der Waals surface area contributed by atoms with Crippen molar-refractivity contribution in [2.45, 2.75) is 0 Å². The molecule has 0 atom stereocenters. The third kappa shape index (κ3) is 2.77. The van der Waals surface area contributed by atoms with Crippen molar-refractivity contribution in [2.75, 3.05) is 5.32 Å². The summed E-state index contributed by atoms with van der Waals surface area (Å²) in [5, 5.41) is 20.2. The van der Waals surface area contributed by atoms with Crippen molar-refractivity contribution in [3.05, 3.63) is 59.1 Å². The lowest BCUT2D eigenvalue weighted by Crippen LogP contribution is -2.02. The summed E-state index contributed by atoms with van der Waals surface area (Å²) in [6.07, 6.45) is 0. The molecule has 2 N–H and O–H groups in total. The number of carboxylic acids is 1. The van der Waals surface area contributed by atoms with Crippen LogP contribution in [0.25, 0.3) is 11.5 Å². The molecule has 0 saturated carbocycles. The van der Waals surface area contributed by atoms with E-state index in [2.05, 4.69) is 15.5 Å². The van der Waals surface area contributed by atoms with Gasteiger partial charge in [-0.05, 0) is 24.3 Å². The van der Waals surface area contributed by atoms with Gasteiger partial charge in [-0.15, -0.1) is 5.10 Å². The predicted octanol–water partition coefficient (Wildman–Crippen LogP) is 3.83. The van der Waals surface area contributed by atoms with Crippen molar-refractivity contribution in [3.8, 4) is 11.5 Å². The summed E-state index contributed by atoms with van der Waals surface area (Å²) in [5.74, 6) is -0.796. The van der Waals surface area contributed by atoms with E-state index in [1.165, 1.54) is 6.07 Å². The molecule has 0 saturated heterocycles. The second-order valence-electron chi connectivity index (χ2n) is 4.37. The van der Waals surface area contributed by atoms with E-state index in [4.69, 9.17) is 21.1 Å². The molecule has 0 aliphatic rings. The number of nitrogens with zero attached hydrogens (tertiary/aromatic N) is 2. The highest BCUT2D eigenvalue weighted by atomic mass is 35.5. The quantitative estimate of drug-likeness (QED) is 0.760. The van der Waals surface area contributed by atoms with Crippen LogP contribution in [0.4, 0.5) is 11.7 Å². The molecule has 3 rings (SSSR count). The topological polar surface area (TPSA) is 88.2 Å². The first-order valence-electron chi connectivity index (χ1n) is 6.33. The Balaban J connectivity index is 1.90. The van der Waals surface area contributed by atoms with Gasteiger partial charge < -0.3 is 14.8 Å². The lowest BCUT2D eigenvalue weighted by atomic mass is 10.2. The molecule has 0 aliphatic heterocycles. The van der Waals surface area contributed by atoms with Crippen LogP contribution in [0.3, 0.4) is 0 Å². The molecule has 0 spiro atoms. The molecule has 7 heteroatoms. The van der Waals surface area contributed by atoms with Crippen molar-refractivity contribution in [1.82, 2.24) is 10.2 Å². The summed E-state index contributed by atoms with van der Waals surface area (Å²) in [4.78, 5) is 11.2. The Kier molecular flexibility index (Phi) is 3.76. The maximum Gasteiger partial charge on any atom is 0.337 e. The molecule has 0 fully saturated rings. The summed E-state index contributed by atoms with van der Waals surface area (Å²) in [6, 6.07) is 13.6. The number of hydrogen-bond donors (Lipinski definition) is 2. The van der Waals surface area contributed by atoms with Crippen LogP contribution in [0.5, 0.6) is 0 Å². The minimum absolute atomic E-state index is 0.0867. The van der Waals surface area contributed by atoms with Crippen LogP contribution in [0.15, 0.2) is 52.9 Å². The third-order valence-electron chi connectivity index (χ3n) is 2.93. The summed E-state index contributed by atoms with van der Waals surface area (Å²) in [5.41, 5.74) is 1.08. The van der Waals surface area contributed by atoms with E-state index in [0.717, 1.165) is 0 Å². The number of aromatic nitrogens is 2. The third-order valence-corrected chi connectivity index (χ3v) is 3.26. The first-order chi connectivity index (χ1) is 10.6. The van der Waals surface area contributed by atoms with Gasteiger partial charge in [0.2, 0.25) is 0 Å². The Hall–Kier alpha value is -2.86. The van der Waals surface area contributed by atoms with Crippen molar-refractivity contribution >= 4 is 29.3 Å². The zero-order valence-electron chi connectivity index (χ0n) is 11.2. The number of halogens is 1. The van der Waals surface area contributed by atoms with Crippen molar-refractivity contribution < 1.29 is 14.3 Å². The smallest absolute Gasteiger partial charge is 0.337 e. The van der Waals surface area contributed by atoms with Crippen LogP contribution in [-0.2, 0) is 0 Å². The zero-order valence-corrected chi connectivity index (χ0v) is 11.9. The number of rotatable bonds is 4. The van der Waals surface area contributed by atoms with E-state index < -0.39 is 5.97 Å². The van der Waals surface area contributed by atoms with Crippen molar-refractivity contribution in [3.63, 3.8) is 0 Å². The molecule has 0 aliphatic carbocycles. The van der Waals surface area contributed by atoms with Crippen molar-refractivity contribution in [1.29, 1.82) is 0 Å². The van der Waals surface area contributed by atoms with Gasteiger partial charge in [-0.1, -0.05) is 41.0 Å². The largest absolute Gasteiger partial charge is 0.478 e. The SMILES string of the molecule is O=C(O)c1ccccc1Nc1nnc(-c2ccccc2Cl)o1. The fourth-order valence-corrected chi connectivity index (χ4v) is 2.13. The Bertz CT molecular complexity index is 832. The van der Waals surface area contributed by atoms with Crippen LogP contribution in [-0.4, -0.2) is 21.3 Å². The second-order valence-corrected chi connectivity index (χ2v) is 4.78. The summed E-state index contributed by atoms with van der Waals surface area (Å²) < 4.78 is 5.48. The molecular formula is C15H10ClN3O3. The molecule has 0 amide bonds. The van der Waals surface area contributed by atoms with Gasteiger partial charge >= 0.3 is 12.0 Å². The second kappa shape index (κ2) is 5.87. The van der Waals surface area contributed by atoms with Gasteiger partial charge in [-0.3, -0.25) is 0 Å². The van der Waals surface area contributed by atoms with Gasteiger partial charge in [0, 0.05) is 0 Å². The van der Waals surface area contributed by atoms with E-state index in [0.29, 0.717) is 16.3 Å². The van der Waals surface area contributed by atoms with Gasteiger partial charge in [-0.2, -0.15) is 0 Å². The van der Waals surface area contributed by atoms with E-state index in [-0.39, 0.29) is 17.5 Å². The van der Waals surface area contributed by atoms with Crippen LogP contribution in [0.2, 0.25) is 5.02 Å². The van der Waals surface area contributed by atoms with Gasteiger partial charge in [0.05, 0.1) is 21.8 Å². The van der Waals surface area contributed by atoms with E-state index in [9.17, 15) is 4.79 Å². The Labute approximate surface area is 130 Å².